The molecule has 2 aromatic carbocycles. The Kier molecular flexibility index (Phi) is 8.45. The highest BCUT2D eigenvalue weighted by Gasteiger charge is 2.24. The molecule has 0 amide bonds. The Labute approximate surface area is 141 Å². The van der Waals surface area contributed by atoms with Crippen molar-refractivity contribution in [2.75, 3.05) is 0 Å². The molecule has 2 rings (SSSR count). The molecule has 0 spiro atoms. The molecule has 0 heterocycles. The van der Waals surface area contributed by atoms with E-state index in [9.17, 15) is 10.2 Å². The number of aryl methyl sites for hydroxylation is 2. The Morgan fingerprint density at radius 3 is 1.22 bits per heavy atom. The van der Waals surface area contributed by atoms with Gasteiger partial charge in [-0.05, 0) is 48.2 Å². The van der Waals surface area contributed by atoms with Gasteiger partial charge in [0.2, 0.25) is 0 Å². The number of rotatable bonds is 2. The average Bonchev–Trinajstić information content (AvgIpc) is 2.56. The molecule has 23 heavy (non-hydrogen) atoms. The fraction of sp³-hybridized carbons (Fsp3) is 0.429. The van der Waals surface area contributed by atoms with Crippen molar-refractivity contribution in [1.29, 1.82) is 0 Å². The maximum Gasteiger partial charge on any atom is 0.118 e. The molecule has 2 aromatic rings. The van der Waals surface area contributed by atoms with Crippen LogP contribution in [0, 0.1) is 13.8 Å². The summed E-state index contributed by atoms with van der Waals surface area (Å²) in [6.07, 6.45) is 0. The first-order chi connectivity index (χ1) is 10.8. The lowest BCUT2D eigenvalue weighted by atomic mass is 9.77. The minimum absolute atomic E-state index is 0.170. The topological polar surface area (TPSA) is 40.5 Å². The van der Waals surface area contributed by atoms with Crippen LogP contribution in [0.4, 0.5) is 0 Å². The van der Waals surface area contributed by atoms with Gasteiger partial charge in [0, 0.05) is 5.41 Å². The fourth-order valence-electron chi connectivity index (χ4n) is 2.26. The van der Waals surface area contributed by atoms with Crippen molar-refractivity contribution < 1.29 is 10.2 Å². The number of hydrogen-bond acceptors (Lipinski definition) is 2. The molecule has 128 valence electrons. The van der Waals surface area contributed by atoms with Gasteiger partial charge in [0.1, 0.15) is 11.5 Å². The van der Waals surface area contributed by atoms with E-state index >= 15 is 0 Å². The monoisotopic (exact) mass is 316 g/mol. The number of phenols is 2. The maximum atomic E-state index is 9.63. The zero-order valence-corrected chi connectivity index (χ0v) is 15.9. The van der Waals surface area contributed by atoms with Crippen LogP contribution in [0.25, 0.3) is 0 Å². The molecule has 0 radical (unpaired) electrons. The maximum absolute atomic E-state index is 9.63. The summed E-state index contributed by atoms with van der Waals surface area (Å²) < 4.78 is 0. The highest BCUT2D eigenvalue weighted by Crippen LogP contribution is 2.35. The summed E-state index contributed by atoms with van der Waals surface area (Å²) in [6, 6.07) is 11.4. The van der Waals surface area contributed by atoms with E-state index in [0.29, 0.717) is 11.5 Å². The number of phenolic OH excluding ortho intramolecular Hbond substituents is 2. The third-order valence-corrected chi connectivity index (χ3v) is 3.84. The molecule has 0 aliphatic rings. The first kappa shape index (κ1) is 21.0. The quantitative estimate of drug-likeness (QED) is 0.703. The minimum atomic E-state index is -0.170. The molecule has 0 aliphatic heterocycles. The number of aromatic hydroxyl groups is 2. The van der Waals surface area contributed by atoms with Crippen molar-refractivity contribution in [3.63, 3.8) is 0 Å². The van der Waals surface area contributed by atoms with Gasteiger partial charge in [-0.15, -0.1) is 0 Å². The molecule has 0 bridgehead atoms. The Morgan fingerprint density at radius 2 is 0.957 bits per heavy atom. The summed E-state index contributed by atoms with van der Waals surface area (Å²) in [5.41, 5.74) is 3.87. The van der Waals surface area contributed by atoms with Crippen LogP contribution in [0.1, 0.15) is 63.8 Å². The molecule has 0 atom stereocenters. The summed E-state index contributed by atoms with van der Waals surface area (Å²) in [7, 11) is 0. The lowest BCUT2D eigenvalue weighted by Crippen LogP contribution is -2.19. The standard InChI is InChI=1S/C17H20O2.2C2H6/c1-11-9-13(5-7-15(11)18)17(3,4)14-6-8-16(19)12(2)10-14;2*1-2/h5-10,18-19H,1-4H3;2*1-2H3. The summed E-state index contributed by atoms with van der Waals surface area (Å²) in [5.74, 6) is 0.642. The second-order valence-electron chi connectivity index (χ2n) is 5.63. The van der Waals surface area contributed by atoms with E-state index in [4.69, 9.17) is 0 Å². The van der Waals surface area contributed by atoms with Gasteiger partial charge in [-0.25, -0.2) is 0 Å². The summed E-state index contributed by atoms with van der Waals surface area (Å²) in [5, 5.41) is 19.3. The first-order valence-electron chi connectivity index (χ1n) is 8.42. The summed E-state index contributed by atoms with van der Waals surface area (Å²) in [4.78, 5) is 0. The van der Waals surface area contributed by atoms with Crippen LogP contribution in [0.2, 0.25) is 0 Å². The first-order valence-corrected chi connectivity index (χ1v) is 8.42. The van der Waals surface area contributed by atoms with E-state index in [1.165, 1.54) is 0 Å². The van der Waals surface area contributed by atoms with Gasteiger partial charge in [-0.2, -0.15) is 0 Å². The molecule has 2 N–H and O–H groups in total. The van der Waals surface area contributed by atoms with Gasteiger partial charge >= 0.3 is 0 Å². The van der Waals surface area contributed by atoms with Gasteiger partial charge in [-0.3, -0.25) is 0 Å². The average molecular weight is 316 g/mol. The van der Waals surface area contributed by atoms with Gasteiger partial charge in [-0.1, -0.05) is 65.8 Å². The highest BCUT2D eigenvalue weighted by molar-refractivity contribution is 5.46. The van der Waals surface area contributed by atoms with Gasteiger partial charge in [0.05, 0.1) is 0 Å². The molecule has 2 nitrogen and oxygen atoms in total. The molecular formula is C21H32O2. The SMILES string of the molecule is CC.CC.Cc1cc(C(C)(C)c2ccc(O)c(C)c2)ccc1O. The third-order valence-electron chi connectivity index (χ3n) is 3.84. The molecule has 0 aliphatic carbocycles. The van der Waals surface area contributed by atoms with Crippen LogP contribution < -0.4 is 0 Å². The van der Waals surface area contributed by atoms with Crippen molar-refractivity contribution >= 4 is 0 Å². The van der Waals surface area contributed by atoms with Crippen LogP contribution in [-0.4, -0.2) is 10.2 Å². The predicted octanol–water partition coefficient (Wildman–Crippen LogP) is 6.09. The smallest absolute Gasteiger partial charge is 0.118 e. The number of benzene rings is 2. The van der Waals surface area contributed by atoms with Gasteiger partial charge in [0.25, 0.3) is 0 Å². The minimum Gasteiger partial charge on any atom is -0.508 e. The van der Waals surface area contributed by atoms with Crippen molar-refractivity contribution in [3.8, 4) is 11.5 Å². The zero-order valence-electron chi connectivity index (χ0n) is 15.9. The van der Waals surface area contributed by atoms with Crippen LogP contribution in [0.3, 0.4) is 0 Å². The molecule has 0 saturated carbocycles. The van der Waals surface area contributed by atoms with E-state index in [1.54, 1.807) is 12.1 Å². The second-order valence-corrected chi connectivity index (χ2v) is 5.63. The second kappa shape index (κ2) is 9.24. The third kappa shape index (κ3) is 5.02. The van der Waals surface area contributed by atoms with Crippen LogP contribution in [0.15, 0.2) is 36.4 Å². The molecule has 0 unspecified atom stereocenters. The van der Waals surface area contributed by atoms with Crippen molar-refractivity contribution in [2.24, 2.45) is 0 Å². The van der Waals surface area contributed by atoms with Crippen LogP contribution in [0.5, 0.6) is 11.5 Å². The lowest BCUT2D eigenvalue weighted by Gasteiger charge is -2.27. The Morgan fingerprint density at radius 1 is 0.652 bits per heavy atom. The normalized spacial score (nSPS) is 10.1. The number of hydrogen-bond donors (Lipinski definition) is 2. The lowest BCUT2D eigenvalue weighted by molar-refractivity contribution is 0.469. The van der Waals surface area contributed by atoms with E-state index in [-0.39, 0.29) is 5.41 Å². The molecule has 2 heteroatoms. The predicted molar refractivity (Wildman–Crippen MR) is 101 cm³/mol. The van der Waals surface area contributed by atoms with E-state index in [1.807, 2.05) is 65.8 Å². The molecule has 0 fully saturated rings. The van der Waals surface area contributed by atoms with Crippen molar-refractivity contribution in [3.05, 3.63) is 58.7 Å². The van der Waals surface area contributed by atoms with Crippen molar-refractivity contribution in [2.45, 2.75) is 60.8 Å². The Bertz CT molecular complexity index is 560. The molecular weight excluding hydrogens is 284 g/mol. The van der Waals surface area contributed by atoms with Crippen LogP contribution in [-0.2, 0) is 5.41 Å². The van der Waals surface area contributed by atoms with E-state index in [2.05, 4.69) is 13.8 Å². The van der Waals surface area contributed by atoms with E-state index < -0.39 is 0 Å². The Hall–Kier alpha value is -1.96. The summed E-state index contributed by atoms with van der Waals surface area (Å²) >= 11 is 0. The van der Waals surface area contributed by atoms with Crippen molar-refractivity contribution in [1.82, 2.24) is 0 Å². The molecule has 0 aromatic heterocycles. The van der Waals surface area contributed by atoms with Crippen LogP contribution >= 0.6 is 0 Å². The fourth-order valence-corrected chi connectivity index (χ4v) is 2.26. The van der Waals surface area contributed by atoms with Gasteiger partial charge in [0.15, 0.2) is 0 Å². The zero-order chi connectivity index (χ0) is 18.2. The Balaban J connectivity index is 0.00000112. The molecule has 0 saturated heterocycles. The summed E-state index contributed by atoms with van der Waals surface area (Å²) in [6.45, 7) is 16.1. The van der Waals surface area contributed by atoms with E-state index in [0.717, 1.165) is 22.3 Å². The highest BCUT2D eigenvalue weighted by atomic mass is 16.3. The van der Waals surface area contributed by atoms with Gasteiger partial charge < -0.3 is 10.2 Å². The largest absolute Gasteiger partial charge is 0.508 e.